The van der Waals surface area contributed by atoms with Gasteiger partial charge in [0.2, 0.25) is 0 Å². The molecular weight excluding hydrogens is 200 g/mol. The van der Waals surface area contributed by atoms with Crippen molar-refractivity contribution in [3.63, 3.8) is 0 Å². The molecule has 1 N–H and O–H groups in total. The minimum Gasteiger partial charge on any atom is -0.282 e. The van der Waals surface area contributed by atoms with Crippen molar-refractivity contribution in [1.82, 2.24) is 0 Å². The average molecular weight is 212 g/mol. The molecule has 0 fully saturated rings. The fraction of sp³-hybridized carbons (Fsp3) is 0.200. The van der Waals surface area contributed by atoms with Crippen molar-refractivity contribution in [3.8, 4) is 0 Å². The molecule has 1 aromatic rings. The van der Waals surface area contributed by atoms with Crippen LogP contribution >= 0.6 is 0 Å². The summed E-state index contributed by atoms with van der Waals surface area (Å²) in [6.45, 7) is 5.50. The number of rotatable bonds is 3. The number of hydrogen-bond donors (Lipinski definition) is 1. The monoisotopic (exact) mass is 212 g/mol. The van der Waals surface area contributed by atoms with Crippen LogP contribution in [0.4, 0.5) is 0 Å². The first-order chi connectivity index (χ1) is 6.41. The maximum Gasteiger partial charge on any atom is 0.294 e. The van der Waals surface area contributed by atoms with Gasteiger partial charge < -0.3 is 0 Å². The molecule has 4 heteroatoms. The number of benzene rings is 1. The fourth-order valence-electron chi connectivity index (χ4n) is 1.23. The first-order valence-electron chi connectivity index (χ1n) is 4.11. The summed E-state index contributed by atoms with van der Waals surface area (Å²) in [7, 11) is -4.12. The smallest absolute Gasteiger partial charge is 0.282 e. The van der Waals surface area contributed by atoms with Gasteiger partial charge in [0.25, 0.3) is 10.1 Å². The highest BCUT2D eigenvalue weighted by Crippen LogP contribution is 2.17. The molecule has 76 valence electrons. The van der Waals surface area contributed by atoms with Gasteiger partial charge in [0.05, 0.1) is 4.90 Å². The zero-order valence-corrected chi connectivity index (χ0v) is 8.71. The van der Waals surface area contributed by atoms with E-state index in [2.05, 4.69) is 6.58 Å². The lowest BCUT2D eigenvalue weighted by Crippen LogP contribution is -2.03. The van der Waals surface area contributed by atoms with Gasteiger partial charge in [0.15, 0.2) is 0 Å². The second-order valence-electron chi connectivity index (χ2n) is 3.22. The largest absolute Gasteiger partial charge is 0.294 e. The van der Waals surface area contributed by atoms with Gasteiger partial charge in [0, 0.05) is 0 Å². The van der Waals surface area contributed by atoms with Crippen LogP contribution in [-0.2, 0) is 16.5 Å². The highest BCUT2D eigenvalue weighted by atomic mass is 32.2. The maximum absolute atomic E-state index is 11.0. The standard InChI is InChI=1S/C10H12O3S/c1-8(2)7-9-5-3-4-6-10(9)14(11,12)13/h3-6H,1,7H2,2H3,(H,11,12,13). The second kappa shape index (κ2) is 3.94. The Morgan fingerprint density at radius 2 is 2.00 bits per heavy atom. The molecule has 0 aliphatic carbocycles. The van der Waals surface area contributed by atoms with Crippen molar-refractivity contribution in [2.45, 2.75) is 18.2 Å². The zero-order valence-electron chi connectivity index (χ0n) is 7.90. The molecule has 0 radical (unpaired) electrons. The predicted molar refractivity (Wildman–Crippen MR) is 54.8 cm³/mol. The van der Waals surface area contributed by atoms with Gasteiger partial charge in [-0.3, -0.25) is 4.55 Å². The normalized spacial score (nSPS) is 11.3. The molecule has 0 spiro atoms. The zero-order chi connectivity index (χ0) is 10.8. The topological polar surface area (TPSA) is 54.4 Å². The van der Waals surface area contributed by atoms with Crippen LogP contribution in [0.25, 0.3) is 0 Å². The van der Waals surface area contributed by atoms with Crippen molar-refractivity contribution >= 4 is 10.1 Å². The lowest BCUT2D eigenvalue weighted by Gasteiger charge is -2.05. The fourth-order valence-corrected chi connectivity index (χ4v) is 1.95. The molecule has 1 rings (SSSR count). The van der Waals surface area contributed by atoms with Gasteiger partial charge in [-0.2, -0.15) is 8.42 Å². The summed E-state index contributed by atoms with van der Waals surface area (Å²) in [5.41, 5.74) is 1.42. The minimum atomic E-state index is -4.12. The average Bonchev–Trinajstić information content (AvgIpc) is 2.01. The lowest BCUT2D eigenvalue weighted by molar-refractivity contribution is 0.482. The molecule has 0 unspecified atom stereocenters. The van der Waals surface area contributed by atoms with Gasteiger partial charge in [-0.15, -0.1) is 0 Å². The van der Waals surface area contributed by atoms with E-state index in [-0.39, 0.29) is 4.90 Å². The van der Waals surface area contributed by atoms with Gasteiger partial charge in [-0.05, 0) is 25.0 Å². The predicted octanol–water partition coefficient (Wildman–Crippen LogP) is 2.05. The van der Waals surface area contributed by atoms with E-state index in [0.717, 1.165) is 5.57 Å². The Labute approximate surface area is 83.8 Å². The third-order valence-electron chi connectivity index (χ3n) is 1.74. The maximum atomic E-state index is 11.0. The molecule has 3 nitrogen and oxygen atoms in total. The van der Waals surface area contributed by atoms with Crippen LogP contribution < -0.4 is 0 Å². The summed E-state index contributed by atoms with van der Waals surface area (Å²) >= 11 is 0. The van der Waals surface area contributed by atoms with Gasteiger partial charge in [0.1, 0.15) is 0 Å². The van der Waals surface area contributed by atoms with Crippen LogP contribution in [0.1, 0.15) is 12.5 Å². The highest BCUT2D eigenvalue weighted by molar-refractivity contribution is 7.85. The molecule has 0 saturated carbocycles. The summed E-state index contributed by atoms with van der Waals surface area (Å²) in [5, 5.41) is 0. The number of hydrogen-bond acceptors (Lipinski definition) is 2. The van der Waals surface area contributed by atoms with Crippen molar-refractivity contribution in [2.24, 2.45) is 0 Å². The molecule has 0 aromatic heterocycles. The molecule has 0 heterocycles. The minimum absolute atomic E-state index is 0.0389. The highest BCUT2D eigenvalue weighted by Gasteiger charge is 2.13. The van der Waals surface area contributed by atoms with Gasteiger partial charge in [-0.1, -0.05) is 30.4 Å². The van der Waals surface area contributed by atoms with Crippen molar-refractivity contribution in [3.05, 3.63) is 42.0 Å². The summed E-state index contributed by atoms with van der Waals surface area (Å²) in [6.07, 6.45) is 0.454. The molecule has 1 aromatic carbocycles. The van der Waals surface area contributed by atoms with E-state index in [1.54, 1.807) is 25.1 Å². The Hall–Kier alpha value is -1.13. The summed E-state index contributed by atoms with van der Waals surface area (Å²) in [4.78, 5) is -0.0389. The Morgan fingerprint density at radius 1 is 1.43 bits per heavy atom. The first kappa shape index (κ1) is 10.9. The third-order valence-corrected chi connectivity index (χ3v) is 2.70. The Morgan fingerprint density at radius 3 is 2.50 bits per heavy atom. The van der Waals surface area contributed by atoms with Crippen molar-refractivity contribution < 1.29 is 13.0 Å². The Balaban J connectivity index is 3.23. The molecule has 0 aliphatic heterocycles. The summed E-state index contributed by atoms with van der Waals surface area (Å²) in [6, 6.07) is 6.35. The number of allylic oxidation sites excluding steroid dienone is 1. The molecule has 0 bridgehead atoms. The van der Waals surface area contributed by atoms with E-state index in [1.807, 2.05) is 0 Å². The summed E-state index contributed by atoms with van der Waals surface area (Å²) < 4.78 is 30.8. The van der Waals surface area contributed by atoms with E-state index in [9.17, 15) is 8.42 Å². The first-order valence-corrected chi connectivity index (χ1v) is 5.55. The van der Waals surface area contributed by atoms with Gasteiger partial charge >= 0.3 is 0 Å². The third kappa shape index (κ3) is 2.68. The van der Waals surface area contributed by atoms with Crippen LogP contribution in [0.5, 0.6) is 0 Å². The Kier molecular flexibility index (Phi) is 3.08. The molecule has 0 saturated heterocycles. The summed E-state index contributed by atoms with van der Waals surface area (Å²) in [5.74, 6) is 0. The van der Waals surface area contributed by atoms with E-state index in [1.165, 1.54) is 6.07 Å². The van der Waals surface area contributed by atoms with Crippen LogP contribution in [0, 0.1) is 0 Å². The van der Waals surface area contributed by atoms with Crippen LogP contribution in [0.3, 0.4) is 0 Å². The molecule has 14 heavy (non-hydrogen) atoms. The van der Waals surface area contributed by atoms with E-state index in [4.69, 9.17) is 4.55 Å². The van der Waals surface area contributed by atoms with Crippen molar-refractivity contribution in [1.29, 1.82) is 0 Å². The van der Waals surface area contributed by atoms with Crippen LogP contribution in [0.15, 0.2) is 41.3 Å². The lowest BCUT2D eigenvalue weighted by atomic mass is 10.1. The van der Waals surface area contributed by atoms with Crippen LogP contribution in [0.2, 0.25) is 0 Å². The quantitative estimate of drug-likeness (QED) is 0.616. The SMILES string of the molecule is C=C(C)Cc1ccccc1S(=O)(=O)O. The van der Waals surface area contributed by atoms with Gasteiger partial charge in [-0.25, -0.2) is 0 Å². The molecule has 0 amide bonds. The van der Waals surface area contributed by atoms with E-state index < -0.39 is 10.1 Å². The Bertz CT molecular complexity index is 446. The molecule has 0 aliphatic rings. The molecule has 0 atom stereocenters. The second-order valence-corrected chi connectivity index (χ2v) is 4.61. The molecular formula is C10H12O3S. The van der Waals surface area contributed by atoms with Crippen molar-refractivity contribution in [2.75, 3.05) is 0 Å². The van der Waals surface area contributed by atoms with E-state index >= 15 is 0 Å². The van der Waals surface area contributed by atoms with Crippen LogP contribution in [-0.4, -0.2) is 13.0 Å². The van der Waals surface area contributed by atoms with E-state index in [0.29, 0.717) is 12.0 Å².